The molecule has 0 spiro atoms. The van der Waals surface area contributed by atoms with Gasteiger partial charge in [0.1, 0.15) is 11.5 Å². The van der Waals surface area contributed by atoms with Crippen molar-refractivity contribution in [1.82, 2.24) is 15.3 Å². The summed E-state index contributed by atoms with van der Waals surface area (Å²) >= 11 is 0. The molecular weight excluding hydrogens is 252 g/mol. The molecular formula is C15H26N4O. The van der Waals surface area contributed by atoms with Crippen LogP contribution in [0.2, 0.25) is 0 Å². The van der Waals surface area contributed by atoms with E-state index in [9.17, 15) is 4.79 Å². The number of carbonyl (C=O) groups excluding carboxylic acids is 1. The van der Waals surface area contributed by atoms with Crippen molar-refractivity contribution in [1.29, 1.82) is 0 Å². The van der Waals surface area contributed by atoms with Crippen LogP contribution in [0.3, 0.4) is 0 Å². The molecule has 1 rings (SSSR count). The Labute approximate surface area is 121 Å². The molecule has 0 aromatic carbocycles. The smallest absolute Gasteiger partial charge is 0.271 e. The van der Waals surface area contributed by atoms with Gasteiger partial charge in [-0.1, -0.05) is 33.6 Å². The molecule has 0 aliphatic heterocycles. The molecule has 0 radical (unpaired) electrons. The number of hydrogen-bond acceptors (Lipinski definition) is 4. The van der Waals surface area contributed by atoms with E-state index in [0.717, 1.165) is 31.7 Å². The van der Waals surface area contributed by atoms with Gasteiger partial charge < -0.3 is 10.6 Å². The fraction of sp³-hybridized carbons (Fsp3) is 0.667. The second kappa shape index (κ2) is 9.28. The van der Waals surface area contributed by atoms with Crippen LogP contribution in [0.15, 0.2) is 12.4 Å². The number of amides is 1. The Morgan fingerprint density at radius 2 is 2.05 bits per heavy atom. The normalized spacial score (nSPS) is 10.6. The van der Waals surface area contributed by atoms with Crippen molar-refractivity contribution >= 4 is 11.7 Å². The zero-order chi connectivity index (χ0) is 14.8. The molecule has 0 aliphatic rings. The standard InChI is InChI=1S/C15H26N4O/c1-4-8-17-14-11-16-10-13(19-14)15(20)18-9-6-5-7-12(2)3/h10-12H,4-9H2,1-3H3,(H,17,19)(H,18,20). The first-order chi connectivity index (χ1) is 9.63. The van der Waals surface area contributed by atoms with Gasteiger partial charge in [0.05, 0.1) is 12.4 Å². The average Bonchev–Trinajstić information content (AvgIpc) is 2.44. The number of nitrogens with zero attached hydrogens (tertiary/aromatic N) is 2. The summed E-state index contributed by atoms with van der Waals surface area (Å²) in [5, 5.41) is 6.01. The van der Waals surface area contributed by atoms with E-state index < -0.39 is 0 Å². The maximum Gasteiger partial charge on any atom is 0.271 e. The van der Waals surface area contributed by atoms with Crippen LogP contribution in [0.5, 0.6) is 0 Å². The highest BCUT2D eigenvalue weighted by Crippen LogP contribution is 2.06. The third-order valence-corrected chi connectivity index (χ3v) is 2.92. The van der Waals surface area contributed by atoms with Gasteiger partial charge in [-0.15, -0.1) is 0 Å². The highest BCUT2D eigenvalue weighted by Gasteiger charge is 2.08. The van der Waals surface area contributed by atoms with Crippen molar-refractivity contribution in [3.05, 3.63) is 18.1 Å². The lowest BCUT2D eigenvalue weighted by atomic mass is 10.1. The topological polar surface area (TPSA) is 66.9 Å². The SMILES string of the molecule is CCCNc1cncc(C(=O)NCCCCC(C)C)n1. The van der Waals surface area contributed by atoms with Gasteiger partial charge in [0.15, 0.2) is 0 Å². The van der Waals surface area contributed by atoms with E-state index in [2.05, 4.69) is 41.4 Å². The lowest BCUT2D eigenvalue weighted by molar-refractivity contribution is 0.0947. The number of anilines is 1. The largest absolute Gasteiger partial charge is 0.369 e. The summed E-state index contributed by atoms with van der Waals surface area (Å²) in [6.45, 7) is 8.02. The molecule has 1 aromatic heterocycles. The Morgan fingerprint density at radius 3 is 2.75 bits per heavy atom. The molecule has 0 fully saturated rings. The van der Waals surface area contributed by atoms with Crippen molar-refractivity contribution in [2.24, 2.45) is 5.92 Å². The summed E-state index contributed by atoms with van der Waals surface area (Å²) in [7, 11) is 0. The first kappa shape index (κ1) is 16.4. The first-order valence-corrected chi connectivity index (χ1v) is 7.47. The van der Waals surface area contributed by atoms with E-state index in [0.29, 0.717) is 18.1 Å². The van der Waals surface area contributed by atoms with Crippen LogP contribution in [-0.2, 0) is 0 Å². The molecule has 1 amide bonds. The molecule has 5 heteroatoms. The molecule has 2 N–H and O–H groups in total. The molecule has 0 saturated carbocycles. The Balaban J connectivity index is 2.35. The average molecular weight is 278 g/mol. The fourth-order valence-corrected chi connectivity index (χ4v) is 1.78. The molecule has 0 bridgehead atoms. The summed E-state index contributed by atoms with van der Waals surface area (Å²) in [5.74, 6) is 1.22. The number of rotatable bonds is 9. The van der Waals surface area contributed by atoms with Crippen molar-refractivity contribution in [3.63, 3.8) is 0 Å². The van der Waals surface area contributed by atoms with E-state index in [4.69, 9.17) is 0 Å². The van der Waals surface area contributed by atoms with E-state index in [-0.39, 0.29) is 5.91 Å². The number of hydrogen-bond donors (Lipinski definition) is 2. The van der Waals surface area contributed by atoms with Crippen molar-refractivity contribution < 1.29 is 4.79 Å². The number of nitrogens with one attached hydrogen (secondary N) is 2. The molecule has 1 heterocycles. The molecule has 0 saturated heterocycles. The van der Waals surface area contributed by atoms with E-state index >= 15 is 0 Å². The number of unbranched alkanes of at least 4 members (excludes halogenated alkanes) is 1. The molecule has 5 nitrogen and oxygen atoms in total. The lowest BCUT2D eigenvalue weighted by Crippen LogP contribution is -2.25. The minimum absolute atomic E-state index is 0.151. The van der Waals surface area contributed by atoms with E-state index in [1.807, 2.05) is 0 Å². The highest BCUT2D eigenvalue weighted by atomic mass is 16.1. The van der Waals surface area contributed by atoms with Gasteiger partial charge in [-0.3, -0.25) is 9.78 Å². The Morgan fingerprint density at radius 1 is 1.25 bits per heavy atom. The van der Waals surface area contributed by atoms with Crippen molar-refractivity contribution in [2.75, 3.05) is 18.4 Å². The summed E-state index contributed by atoms with van der Waals surface area (Å²) < 4.78 is 0. The summed E-state index contributed by atoms with van der Waals surface area (Å²) in [4.78, 5) is 20.2. The summed E-state index contributed by atoms with van der Waals surface area (Å²) in [5.41, 5.74) is 0.370. The molecule has 0 unspecified atom stereocenters. The predicted octanol–water partition coefficient (Wildman–Crippen LogP) is 2.85. The number of carbonyl (C=O) groups is 1. The van der Waals surface area contributed by atoms with Gasteiger partial charge in [-0.25, -0.2) is 4.98 Å². The second-order valence-electron chi connectivity index (χ2n) is 5.36. The zero-order valence-electron chi connectivity index (χ0n) is 12.8. The van der Waals surface area contributed by atoms with E-state index in [1.54, 1.807) is 6.20 Å². The minimum atomic E-state index is -0.151. The van der Waals surface area contributed by atoms with Gasteiger partial charge in [0.25, 0.3) is 5.91 Å². The summed E-state index contributed by atoms with van der Waals surface area (Å²) in [6, 6.07) is 0. The quantitative estimate of drug-likeness (QED) is 0.682. The fourth-order valence-electron chi connectivity index (χ4n) is 1.78. The second-order valence-corrected chi connectivity index (χ2v) is 5.36. The van der Waals surface area contributed by atoms with Crippen LogP contribution in [0.1, 0.15) is 56.9 Å². The summed E-state index contributed by atoms with van der Waals surface area (Å²) in [6.07, 6.45) is 7.49. The monoisotopic (exact) mass is 278 g/mol. The molecule has 1 aromatic rings. The van der Waals surface area contributed by atoms with Crippen LogP contribution >= 0.6 is 0 Å². The molecule has 20 heavy (non-hydrogen) atoms. The van der Waals surface area contributed by atoms with Crippen LogP contribution in [0, 0.1) is 5.92 Å². The van der Waals surface area contributed by atoms with E-state index in [1.165, 1.54) is 12.6 Å². The maximum absolute atomic E-state index is 11.9. The Bertz CT molecular complexity index is 407. The van der Waals surface area contributed by atoms with Crippen LogP contribution in [0.4, 0.5) is 5.82 Å². The third kappa shape index (κ3) is 6.50. The minimum Gasteiger partial charge on any atom is -0.369 e. The molecule has 0 atom stereocenters. The molecule has 112 valence electrons. The zero-order valence-corrected chi connectivity index (χ0v) is 12.8. The Kier molecular flexibility index (Phi) is 7.62. The van der Waals surface area contributed by atoms with Crippen LogP contribution < -0.4 is 10.6 Å². The van der Waals surface area contributed by atoms with Crippen molar-refractivity contribution in [2.45, 2.75) is 46.5 Å². The van der Waals surface area contributed by atoms with Gasteiger partial charge in [0, 0.05) is 13.1 Å². The first-order valence-electron chi connectivity index (χ1n) is 7.47. The molecule has 0 aliphatic carbocycles. The van der Waals surface area contributed by atoms with Gasteiger partial charge in [-0.05, 0) is 18.8 Å². The van der Waals surface area contributed by atoms with Gasteiger partial charge >= 0.3 is 0 Å². The lowest BCUT2D eigenvalue weighted by Gasteiger charge is -2.07. The predicted molar refractivity (Wildman–Crippen MR) is 81.8 cm³/mol. The third-order valence-electron chi connectivity index (χ3n) is 2.92. The highest BCUT2D eigenvalue weighted by molar-refractivity contribution is 5.92. The van der Waals surface area contributed by atoms with Crippen LogP contribution in [-0.4, -0.2) is 29.0 Å². The van der Waals surface area contributed by atoms with Gasteiger partial charge in [0.2, 0.25) is 0 Å². The van der Waals surface area contributed by atoms with Gasteiger partial charge in [-0.2, -0.15) is 0 Å². The van der Waals surface area contributed by atoms with Crippen LogP contribution in [0.25, 0.3) is 0 Å². The number of aromatic nitrogens is 2. The Hall–Kier alpha value is -1.65. The maximum atomic E-state index is 11.9. The van der Waals surface area contributed by atoms with Crippen molar-refractivity contribution in [3.8, 4) is 0 Å².